The van der Waals surface area contributed by atoms with Crippen LogP contribution in [0.15, 0.2) is 78.9 Å². The van der Waals surface area contributed by atoms with Gasteiger partial charge in [-0.1, -0.05) is 96.0 Å². The average molecular weight is 500 g/mol. The second-order valence-electron chi connectivity index (χ2n) is 9.30. The molecule has 0 N–H and O–H groups in total. The Balaban J connectivity index is 0.000000178. The van der Waals surface area contributed by atoms with E-state index in [9.17, 15) is 4.79 Å². The van der Waals surface area contributed by atoms with E-state index < -0.39 is 4.84 Å². The standard InChI is InChI=1S/C20H16Cl2O.C11H11N/c21-20(22)19(23)14-7-8-16-13(11-14)6-10-17-15-4-2-1-3-12(15)5-9-18(16)17;1-8-7-10-5-3-4-6-11(10)9(2)12-8/h1-6,9-10,14,20H,7-8,11H2;3-7H,1-2H3. The van der Waals surface area contributed by atoms with Gasteiger partial charge in [0, 0.05) is 22.7 Å². The van der Waals surface area contributed by atoms with E-state index in [1.54, 1.807) is 0 Å². The van der Waals surface area contributed by atoms with E-state index in [1.807, 2.05) is 13.0 Å². The van der Waals surface area contributed by atoms with Crippen LogP contribution in [0.1, 0.15) is 28.9 Å². The topological polar surface area (TPSA) is 30.0 Å². The van der Waals surface area contributed by atoms with Crippen LogP contribution in [0.2, 0.25) is 0 Å². The summed E-state index contributed by atoms with van der Waals surface area (Å²) in [5.74, 6) is -0.0991. The summed E-state index contributed by atoms with van der Waals surface area (Å²) >= 11 is 11.5. The Morgan fingerprint density at radius 2 is 1.51 bits per heavy atom. The van der Waals surface area contributed by atoms with Crippen LogP contribution in [0, 0.1) is 19.8 Å². The zero-order valence-electron chi connectivity index (χ0n) is 19.9. The summed E-state index contributed by atoms with van der Waals surface area (Å²) < 4.78 is 0. The molecule has 0 amide bonds. The molecule has 4 aromatic carbocycles. The molecular weight excluding hydrogens is 473 g/mol. The smallest absolute Gasteiger partial charge is 0.169 e. The first-order chi connectivity index (χ1) is 16.9. The van der Waals surface area contributed by atoms with Crippen molar-refractivity contribution in [3.63, 3.8) is 0 Å². The number of alkyl halides is 2. The van der Waals surface area contributed by atoms with E-state index in [2.05, 4.69) is 84.7 Å². The molecule has 176 valence electrons. The van der Waals surface area contributed by atoms with Gasteiger partial charge in [0.2, 0.25) is 0 Å². The Kier molecular flexibility index (Phi) is 6.77. The molecule has 1 aliphatic rings. The molecule has 0 saturated heterocycles. The lowest BCUT2D eigenvalue weighted by Crippen LogP contribution is -2.26. The van der Waals surface area contributed by atoms with Gasteiger partial charge in [-0.25, -0.2) is 0 Å². The number of fused-ring (bicyclic) bond motifs is 6. The van der Waals surface area contributed by atoms with Gasteiger partial charge in [-0.05, 0) is 77.2 Å². The zero-order chi connectivity index (χ0) is 24.5. The Bertz CT molecular complexity index is 1560. The summed E-state index contributed by atoms with van der Waals surface area (Å²) in [5.41, 5.74) is 4.83. The number of hydrogen-bond acceptors (Lipinski definition) is 2. The van der Waals surface area contributed by atoms with Crippen LogP contribution in [0.4, 0.5) is 0 Å². The van der Waals surface area contributed by atoms with E-state index in [4.69, 9.17) is 23.2 Å². The number of aryl methyl sites for hydroxylation is 3. The van der Waals surface area contributed by atoms with Gasteiger partial charge in [-0.15, -0.1) is 0 Å². The minimum Gasteiger partial charge on any atom is -0.296 e. The number of carbonyl (C=O) groups excluding carboxylic acids is 1. The van der Waals surface area contributed by atoms with Gasteiger partial charge in [-0.3, -0.25) is 9.78 Å². The second-order valence-corrected chi connectivity index (χ2v) is 10.4. The Hall–Kier alpha value is -2.94. The molecule has 0 radical (unpaired) electrons. The maximum Gasteiger partial charge on any atom is 0.169 e. The molecule has 6 rings (SSSR count). The third kappa shape index (κ3) is 4.78. The summed E-state index contributed by atoms with van der Waals surface area (Å²) in [6.07, 6.45) is 2.47. The van der Waals surface area contributed by atoms with Gasteiger partial charge < -0.3 is 0 Å². The molecular formula is C31H27Cl2NO. The van der Waals surface area contributed by atoms with Gasteiger partial charge in [0.15, 0.2) is 10.6 Å². The molecule has 1 heterocycles. The predicted octanol–water partition coefficient (Wildman–Crippen LogP) is 8.32. The number of aromatic nitrogens is 1. The first-order valence-corrected chi connectivity index (χ1v) is 12.9. The first-order valence-electron chi connectivity index (χ1n) is 12.0. The normalized spacial score (nSPS) is 15.2. The summed E-state index contributed by atoms with van der Waals surface area (Å²) in [5, 5.41) is 7.67. The second kappa shape index (κ2) is 9.97. The fourth-order valence-corrected chi connectivity index (χ4v) is 5.68. The van der Waals surface area contributed by atoms with Crippen LogP contribution in [0.25, 0.3) is 32.3 Å². The molecule has 1 aromatic heterocycles. The SMILES string of the molecule is Cc1cc2ccccc2c(C)n1.O=C(C(Cl)Cl)C1CCc2c(ccc3c2ccc2ccccc23)C1. The number of nitrogens with zero attached hydrogens (tertiary/aromatic N) is 1. The monoisotopic (exact) mass is 499 g/mol. The van der Waals surface area contributed by atoms with Crippen molar-refractivity contribution in [2.24, 2.45) is 5.92 Å². The van der Waals surface area contributed by atoms with Gasteiger partial charge in [0.25, 0.3) is 0 Å². The number of halogens is 2. The molecule has 35 heavy (non-hydrogen) atoms. The number of rotatable bonds is 2. The molecule has 1 atom stereocenters. The maximum atomic E-state index is 12.1. The number of ketones is 1. The number of benzene rings is 4. The van der Waals surface area contributed by atoms with Crippen LogP contribution in [0.5, 0.6) is 0 Å². The van der Waals surface area contributed by atoms with Crippen molar-refractivity contribution in [3.8, 4) is 0 Å². The average Bonchev–Trinajstić information content (AvgIpc) is 2.87. The number of hydrogen-bond donors (Lipinski definition) is 0. The van der Waals surface area contributed by atoms with Gasteiger partial charge in [0.05, 0.1) is 0 Å². The first kappa shape index (κ1) is 23.8. The largest absolute Gasteiger partial charge is 0.296 e. The van der Waals surface area contributed by atoms with Crippen molar-refractivity contribution < 1.29 is 4.79 Å². The molecule has 0 spiro atoms. The Labute approximate surface area is 215 Å². The number of carbonyl (C=O) groups is 1. The van der Waals surface area contributed by atoms with Crippen molar-refractivity contribution in [1.82, 2.24) is 4.98 Å². The molecule has 0 aliphatic heterocycles. The van der Waals surface area contributed by atoms with E-state index in [0.29, 0.717) is 0 Å². The van der Waals surface area contributed by atoms with Crippen LogP contribution >= 0.6 is 23.2 Å². The maximum absolute atomic E-state index is 12.1. The molecule has 0 bridgehead atoms. The third-order valence-electron chi connectivity index (χ3n) is 7.02. The van der Waals surface area contributed by atoms with E-state index in [-0.39, 0.29) is 11.7 Å². The lowest BCUT2D eigenvalue weighted by Gasteiger charge is -2.25. The summed E-state index contributed by atoms with van der Waals surface area (Å²) in [7, 11) is 0. The Morgan fingerprint density at radius 1 is 0.829 bits per heavy atom. The minimum absolute atomic E-state index is 0.0439. The summed E-state index contributed by atoms with van der Waals surface area (Å²) in [4.78, 5) is 15.6. The third-order valence-corrected chi connectivity index (χ3v) is 7.45. The van der Waals surface area contributed by atoms with E-state index in [1.165, 1.54) is 43.4 Å². The lowest BCUT2D eigenvalue weighted by atomic mass is 9.79. The van der Waals surface area contributed by atoms with E-state index >= 15 is 0 Å². The fraction of sp³-hybridized carbons (Fsp3) is 0.226. The van der Waals surface area contributed by atoms with Crippen molar-refractivity contribution >= 4 is 61.3 Å². The quantitative estimate of drug-likeness (QED) is 0.180. The van der Waals surface area contributed by atoms with Crippen molar-refractivity contribution in [1.29, 1.82) is 0 Å². The highest BCUT2D eigenvalue weighted by molar-refractivity contribution is 6.53. The Morgan fingerprint density at radius 3 is 2.29 bits per heavy atom. The van der Waals surface area contributed by atoms with Crippen LogP contribution < -0.4 is 0 Å². The number of pyridine rings is 1. The number of Topliss-reactive ketones (excluding diaryl/α,β-unsaturated/α-hetero) is 1. The highest BCUT2D eigenvalue weighted by Gasteiger charge is 2.28. The summed E-state index contributed by atoms with van der Waals surface area (Å²) in [6.45, 7) is 4.08. The highest BCUT2D eigenvalue weighted by Crippen LogP contribution is 2.35. The molecule has 1 unspecified atom stereocenters. The molecule has 5 aromatic rings. The fourth-order valence-electron chi connectivity index (χ4n) is 5.32. The van der Waals surface area contributed by atoms with Gasteiger partial charge in [0.1, 0.15) is 0 Å². The van der Waals surface area contributed by atoms with Gasteiger partial charge in [-0.2, -0.15) is 0 Å². The van der Waals surface area contributed by atoms with Crippen LogP contribution in [-0.2, 0) is 17.6 Å². The molecule has 0 saturated carbocycles. The molecule has 2 nitrogen and oxygen atoms in total. The minimum atomic E-state index is -0.911. The molecule has 0 fully saturated rings. The van der Waals surface area contributed by atoms with E-state index in [0.717, 1.165) is 30.7 Å². The summed E-state index contributed by atoms with van der Waals surface area (Å²) in [6, 6.07) is 27.7. The zero-order valence-corrected chi connectivity index (χ0v) is 21.4. The van der Waals surface area contributed by atoms with Crippen LogP contribution in [0.3, 0.4) is 0 Å². The predicted molar refractivity (Wildman–Crippen MR) is 149 cm³/mol. The van der Waals surface area contributed by atoms with Crippen molar-refractivity contribution in [2.45, 2.75) is 37.9 Å². The van der Waals surface area contributed by atoms with Crippen molar-refractivity contribution in [2.75, 3.05) is 0 Å². The van der Waals surface area contributed by atoms with Crippen LogP contribution in [-0.4, -0.2) is 15.6 Å². The molecule has 4 heteroatoms. The highest BCUT2D eigenvalue weighted by atomic mass is 35.5. The van der Waals surface area contributed by atoms with Crippen molar-refractivity contribution in [3.05, 3.63) is 101 Å². The van der Waals surface area contributed by atoms with Gasteiger partial charge >= 0.3 is 0 Å². The lowest BCUT2D eigenvalue weighted by molar-refractivity contribution is -0.121. The molecule has 1 aliphatic carbocycles.